The standard InChI is InChI=1S/C26H24F3N5O2/c1-16-14-33(15-30-16)21-7-5-17(11-22(21)35-2)6-8-23-31-25-26(36-3,9-4-10-34(25)32-23)18-12-19(27)24(29)20(28)13-18/h5-8,11-15H,4,9-10H2,1-3H3/b8-6+. The van der Waals surface area contributed by atoms with Crippen molar-refractivity contribution in [1.29, 1.82) is 0 Å². The van der Waals surface area contributed by atoms with Crippen LogP contribution in [0.15, 0.2) is 42.9 Å². The van der Waals surface area contributed by atoms with Gasteiger partial charge < -0.3 is 14.0 Å². The first-order valence-electron chi connectivity index (χ1n) is 11.4. The van der Waals surface area contributed by atoms with E-state index in [4.69, 9.17) is 9.47 Å². The van der Waals surface area contributed by atoms with Crippen molar-refractivity contribution in [2.75, 3.05) is 14.2 Å². The first-order valence-corrected chi connectivity index (χ1v) is 11.4. The lowest BCUT2D eigenvalue weighted by Gasteiger charge is -2.35. The van der Waals surface area contributed by atoms with E-state index in [1.165, 1.54) is 7.11 Å². The molecule has 186 valence electrons. The van der Waals surface area contributed by atoms with Gasteiger partial charge in [-0.1, -0.05) is 12.1 Å². The van der Waals surface area contributed by atoms with Gasteiger partial charge in [-0.25, -0.2) is 27.8 Å². The number of hydrogen-bond donors (Lipinski definition) is 0. The highest BCUT2D eigenvalue weighted by atomic mass is 19.2. The second-order valence-corrected chi connectivity index (χ2v) is 8.59. The fraction of sp³-hybridized carbons (Fsp3) is 0.269. The molecule has 0 spiro atoms. The lowest BCUT2D eigenvalue weighted by atomic mass is 9.85. The Labute approximate surface area is 205 Å². The van der Waals surface area contributed by atoms with Crippen molar-refractivity contribution in [1.82, 2.24) is 24.3 Å². The molecule has 0 radical (unpaired) electrons. The predicted molar refractivity (Wildman–Crippen MR) is 127 cm³/mol. The Balaban J connectivity index is 1.48. The zero-order valence-electron chi connectivity index (χ0n) is 20.0. The normalized spacial score (nSPS) is 17.5. The third-order valence-electron chi connectivity index (χ3n) is 6.37. The fourth-order valence-corrected chi connectivity index (χ4v) is 4.58. The summed E-state index contributed by atoms with van der Waals surface area (Å²) in [7, 11) is 3.04. The molecule has 0 aliphatic carbocycles. The van der Waals surface area contributed by atoms with E-state index in [1.54, 1.807) is 24.2 Å². The van der Waals surface area contributed by atoms with Crippen molar-refractivity contribution >= 4 is 12.2 Å². The van der Waals surface area contributed by atoms with Crippen LogP contribution in [0.1, 0.15) is 41.3 Å². The first kappa shape index (κ1) is 23.8. The molecule has 0 saturated heterocycles. The van der Waals surface area contributed by atoms with E-state index in [-0.39, 0.29) is 5.56 Å². The Morgan fingerprint density at radius 3 is 2.50 bits per heavy atom. The monoisotopic (exact) mass is 495 g/mol. The van der Waals surface area contributed by atoms with Crippen molar-refractivity contribution < 1.29 is 22.6 Å². The molecule has 7 nitrogen and oxygen atoms in total. The Hall–Kier alpha value is -3.92. The maximum atomic E-state index is 14.1. The first-order chi connectivity index (χ1) is 17.3. The molecule has 4 aromatic rings. The van der Waals surface area contributed by atoms with E-state index in [2.05, 4.69) is 15.1 Å². The van der Waals surface area contributed by atoms with Crippen molar-refractivity contribution in [3.63, 3.8) is 0 Å². The molecular formula is C26H24F3N5O2. The van der Waals surface area contributed by atoms with Crippen LogP contribution in [-0.4, -0.2) is 38.5 Å². The Bertz CT molecular complexity index is 1440. The average Bonchev–Trinajstić information content (AvgIpc) is 3.51. The van der Waals surface area contributed by atoms with Gasteiger partial charge in [0, 0.05) is 19.9 Å². The van der Waals surface area contributed by atoms with Crippen molar-refractivity contribution in [3.05, 3.63) is 88.8 Å². The van der Waals surface area contributed by atoms with Crippen LogP contribution in [0.25, 0.3) is 17.8 Å². The van der Waals surface area contributed by atoms with Gasteiger partial charge in [0.15, 0.2) is 34.7 Å². The summed E-state index contributed by atoms with van der Waals surface area (Å²) in [4.78, 5) is 8.87. The number of aryl methyl sites for hydroxylation is 2. The summed E-state index contributed by atoms with van der Waals surface area (Å²) >= 11 is 0. The molecule has 2 aromatic carbocycles. The highest BCUT2D eigenvalue weighted by molar-refractivity contribution is 5.69. The number of halogens is 3. The van der Waals surface area contributed by atoms with E-state index in [9.17, 15) is 13.2 Å². The van der Waals surface area contributed by atoms with E-state index in [0.29, 0.717) is 36.8 Å². The van der Waals surface area contributed by atoms with Crippen molar-refractivity contribution in [2.45, 2.75) is 31.9 Å². The van der Waals surface area contributed by atoms with Crippen LogP contribution in [0.2, 0.25) is 0 Å². The summed E-state index contributed by atoms with van der Waals surface area (Å²) in [5, 5.41) is 4.54. The van der Waals surface area contributed by atoms with Gasteiger partial charge in [0.1, 0.15) is 5.75 Å². The number of rotatable bonds is 6. The number of imidazole rings is 1. The zero-order valence-corrected chi connectivity index (χ0v) is 20.0. The SMILES string of the molecule is COc1cc(/C=C/c2nc3n(n2)CCCC3(OC)c2cc(F)c(F)c(F)c2)ccc1-n1cnc(C)c1. The maximum absolute atomic E-state index is 14.1. The summed E-state index contributed by atoms with van der Waals surface area (Å²) in [5.74, 6) is -2.59. The molecule has 1 aliphatic rings. The highest BCUT2D eigenvalue weighted by Crippen LogP contribution is 2.40. The Morgan fingerprint density at radius 1 is 1.06 bits per heavy atom. The lowest BCUT2D eigenvalue weighted by molar-refractivity contribution is -0.0101. The number of benzene rings is 2. The number of methoxy groups -OCH3 is 2. The van der Waals surface area contributed by atoms with E-state index in [1.807, 2.05) is 42.0 Å². The predicted octanol–water partition coefficient (Wildman–Crippen LogP) is 5.05. The number of fused-ring (bicyclic) bond motifs is 1. The Kier molecular flexibility index (Phi) is 6.13. The minimum absolute atomic E-state index is 0.153. The summed E-state index contributed by atoms with van der Waals surface area (Å²) < 4.78 is 56.6. The van der Waals surface area contributed by atoms with Gasteiger partial charge in [-0.3, -0.25) is 0 Å². The van der Waals surface area contributed by atoms with Gasteiger partial charge in [-0.05, 0) is 61.2 Å². The molecule has 1 atom stereocenters. The molecule has 2 aromatic heterocycles. The minimum atomic E-state index is -1.52. The van der Waals surface area contributed by atoms with Crippen LogP contribution < -0.4 is 4.74 Å². The molecule has 5 rings (SSSR count). The van der Waals surface area contributed by atoms with Crippen LogP contribution in [0.3, 0.4) is 0 Å². The summed E-state index contributed by atoms with van der Waals surface area (Å²) in [6.07, 6.45) is 8.28. The molecule has 36 heavy (non-hydrogen) atoms. The van der Waals surface area contributed by atoms with Crippen LogP contribution in [-0.2, 0) is 16.9 Å². The quantitative estimate of drug-likeness (QED) is 0.350. The number of hydrogen-bond acceptors (Lipinski definition) is 5. The Morgan fingerprint density at radius 2 is 1.83 bits per heavy atom. The van der Waals surface area contributed by atoms with Crippen LogP contribution in [0.4, 0.5) is 13.2 Å². The maximum Gasteiger partial charge on any atom is 0.194 e. The molecule has 0 saturated carbocycles. The van der Waals surface area contributed by atoms with Gasteiger partial charge in [0.2, 0.25) is 0 Å². The van der Waals surface area contributed by atoms with Gasteiger partial charge in [0.05, 0.1) is 24.8 Å². The van der Waals surface area contributed by atoms with Gasteiger partial charge in [0.25, 0.3) is 0 Å². The summed E-state index contributed by atoms with van der Waals surface area (Å²) in [5.41, 5.74) is 1.52. The number of aromatic nitrogens is 5. The van der Waals surface area contributed by atoms with Crippen LogP contribution in [0.5, 0.6) is 5.75 Å². The highest BCUT2D eigenvalue weighted by Gasteiger charge is 2.43. The smallest absolute Gasteiger partial charge is 0.194 e. The van der Waals surface area contributed by atoms with E-state index >= 15 is 0 Å². The topological polar surface area (TPSA) is 67.0 Å². The van der Waals surface area contributed by atoms with E-state index in [0.717, 1.165) is 29.1 Å². The molecule has 1 aliphatic heterocycles. The zero-order chi connectivity index (χ0) is 25.4. The molecule has 1 unspecified atom stereocenters. The second-order valence-electron chi connectivity index (χ2n) is 8.59. The van der Waals surface area contributed by atoms with Gasteiger partial charge in [-0.15, -0.1) is 0 Å². The lowest BCUT2D eigenvalue weighted by Crippen LogP contribution is -2.38. The van der Waals surface area contributed by atoms with Crippen LogP contribution >= 0.6 is 0 Å². The summed E-state index contributed by atoms with van der Waals surface area (Å²) in [6, 6.07) is 7.66. The van der Waals surface area contributed by atoms with Gasteiger partial charge in [-0.2, -0.15) is 5.10 Å². The van der Waals surface area contributed by atoms with Crippen LogP contribution in [0, 0.1) is 24.4 Å². The fourth-order valence-electron chi connectivity index (χ4n) is 4.58. The molecule has 0 amide bonds. The van der Waals surface area contributed by atoms with Crippen molar-refractivity contribution in [2.24, 2.45) is 0 Å². The second kappa shape index (κ2) is 9.27. The summed E-state index contributed by atoms with van der Waals surface area (Å²) in [6.45, 7) is 2.49. The third kappa shape index (κ3) is 4.07. The third-order valence-corrected chi connectivity index (χ3v) is 6.37. The molecule has 0 fully saturated rings. The molecular weight excluding hydrogens is 471 g/mol. The largest absolute Gasteiger partial charge is 0.495 e. The average molecular weight is 496 g/mol. The van der Waals surface area contributed by atoms with Crippen molar-refractivity contribution in [3.8, 4) is 11.4 Å². The van der Waals surface area contributed by atoms with Gasteiger partial charge >= 0.3 is 0 Å². The minimum Gasteiger partial charge on any atom is -0.495 e. The number of nitrogens with zero attached hydrogens (tertiary/aromatic N) is 5. The van der Waals surface area contributed by atoms with E-state index < -0.39 is 23.1 Å². The molecule has 0 N–H and O–H groups in total. The molecule has 0 bridgehead atoms. The molecule has 10 heteroatoms. The number of ether oxygens (including phenoxy) is 2. The molecule has 3 heterocycles.